The van der Waals surface area contributed by atoms with E-state index in [0.717, 1.165) is 37.5 Å². The molecule has 2 aliphatic carbocycles. The van der Waals surface area contributed by atoms with Crippen LogP contribution in [0.2, 0.25) is 0 Å². The molecule has 0 radical (unpaired) electrons. The topological polar surface area (TPSA) is 109 Å². The molecule has 2 aromatic rings. The van der Waals surface area contributed by atoms with Crippen molar-refractivity contribution in [3.8, 4) is 0 Å². The van der Waals surface area contributed by atoms with E-state index in [0.29, 0.717) is 22.3 Å². The van der Waals surface area contributed by atoms with Gasteiger partial charge >= 0.3 is 0 Å². The number of rotatable bonds is 6. The summed E-state index contributed by atoms with van der Waals surface area (Å²) in [6.07, 6.45) is 13.1. The lowest BCUT2D eigenvalue weighted by Gasteiger charge is -2.35. The second kappa shape index (κ2) is 12.3. The predicted octanol–water partition coefficient (Wildman–Crippen LogP) is 4.29. The molecule has 0 saturated heterocycles. The predicted molar refractivity (Wildman–Crippen MR) is 140 cm³/mol. The standard InChI is InChI=1S/C25H32N4O4S2/c30-22(20-3-1-13-32-20)28-24(34)26-18-9-5-16(6-10-18)15-17-7-11-19(12-8-17)27-25(35)29-23(31)21-4-2-14-33-21/h1-4,13-14,16-19H,5-12,15H2,(H2,26,28,30,34)(H2,27,29,31,35). The maximum atomic E-state index is 12.0. The third-order valence-corrected chi connectivity index (χ3v) is 7.41. The van der Waals surface area contributed by atoms with Crippen LogP contribution in [0.15, 0.2) is 45.6 Å². The van der Waals surface area contributed by atoms with Gasteiger partial charge in [0.25, 0.3) is 11.8 Å². The van der Waals surface area contributed by atoms with Crippen molar-refractivity contribution in [2.75, 3.05) is 0 Å². The highest BCUT2D eigenvalue weighted by Gasteiger charge is 2.28. The molecule has 2 saturated carbocycles. The minimum Gasteiger partial charge on any atom is -0.459 e. The highest BCUT2D eigenvalue weighted by Crippen LogP contribution is 2.35. The van der Waals surface area contributed by atoms with Crippen molar-refractivity contribution in [2.45, 2.75) is 69.9 Å². The van der Waals surface area contributed by atoms with E-state index in [-0.39, 0.29) is 23.3 Å². The van der Waals surface area contributed by atoms with Crippen molar-refractivity contribution < 1.29 is 18.4 Å². The average molecular weight is 517 g/mol. The van der Waals surface area contributed by atoms with Gasteiger partial charge in [-0.3, -0.25) is 20.2 Å². The highest BCUT2D eigenvalue weighted by atomic mass is 32.1. The van der Waals surface area contributed by atoms with E-state index in [1.54, 1.807) is 24.3 Å². The van der Waals surface area contributed by atoms with E-state index in [9.17, 15) is 9.59 Å². The van der Waals surface area contributed by atoms with Crippen LogP contribution in [-0.4, -0.2) is 34.1 Å². The summed E-state index contributed by atoms with van der Waals surface area (Å²) in [7, 11) is 0. The molecule has 2 heterocycles. The Kier molecular flexibility index (Phi) is 8.92. The van der Waals surface area contributed by atoms with Crippen LogP contribution < -0.4 is 21.3 Å². The Labute approximate surface area is 216 Å². The Morgan fingerprint density at radius 1 is 0.714 bits per heavy atom. The Morgan fingerprint density at radius 3 is 1.46 bits per heavy atom. The number of thiocarbonyl (C=S) groups is 2. The molecule has 0 spiro atoms. The van der Waals surface area contributed by atoms with Crippen LogP contribution >= 0.6 is 24.4 Å². The second-order valence-corrected chi connectivity index (χ2v) is 10.3. The smallest absolute Gasteiger partial charge is 0.293 e. The molecule has 2 aliphatic rings. The van der Waals surface area contributed by atoms with Crippen LogP contribution in [0.1, 0.15) is 78.9 Å². The van der Waals surface area contributed by atoms with Crippen molar-refractivity contribution in [2.24, 2.45) is 11.8 Å². The molecule has 10 heteroatoms. The van der Waals surface area contributed by atoms with Crippen LogP contribution in [-0.2, 0) is 0 Å². The lowest BCUT2D eigenvalue weighted by Crippen LogP contribution is -2.46. The third-order valence-electron chi connectivity index (χ3n) is 6.97. The molecule has 0 aliphatic heterocycles. The van der Waals surface area contributed by atoms with E-state index in [2.05, 4.69) is 21.3 Å². The first kappa shape index (κ1) is 25.4. The fourth-order valence-electron chi connectivity index (χ4n) is 5.14. The molecule has 0 aromatic carbocycles. The number of hydrogen-bond acceptors (Lipinski definition) is 6. The maximum absolute atomic E-state index is 12.0. The van der Waals surface area contributed by atoms with Gasteiger partial charge in [-0.15, -0.1) is 0 Å². The Hall–Kier alpha value is -2.72. The van der Waals surface area contributed by atoms with Gasteiger partial charge in [0.2, 0.25) is 0 Å². The van der Waals surface area contributed by atoms with Crippen molar-refractivity contribution in [1.29, 1.82) is 0 Å². The number of carbonyl (C=O) groups is 2. The van der Waals surface area contributed by atoms with Gasteiger partial charge in [0.05, 0.1) is 12.5 Å². The largest absolute Gasteiger partial charge is 0.459 e. The molecular weight excluding hydrogens is 484 g/mol. The first-order chi connectivity index (χ1) is 17.0. The van der Waals surface area contributed by atoms with Crippen molar-refractivity contribution in [3.05, 3.63) is 48.3 Å². The van der Waals surface area contributed by atoms with Gasteiger partial charge in [-0.1, -0.05) is 0 Å². The summed E-state index contributed by atoms with van der Waals surface area (Å²) in [5.41, 5.74) is 0. The van der Waals surface area contributed by atoms with E-state index in [1.165, 1.54) is 44.6 Å². The molecule has 4 N–H and O–H groups in total. The van der Waals surface area contributed by atoms with E-state index >= 15 is 0 Å². The lowest BCUT2D eigenvalue weighted by molar-refractivity contribution is 0.0941. The minimum atomic E-state index is -0.327. The first-order valence-corrected chi connectivity index (χ1v) is 13.1. The van der Waals surface area contributed by atoms with E-state index in [1.807, 2.05) is 0 Å². The van der Waals surface area contributed by atoms with Crippen molar-refractivity contribution in [3.63, 3.8) is 0 Å². The van der Waals surface area contributed by atoms with Crippen molar-refractivity contribution in [1.82, 2.24) is 21.3 Å². The summed E-state index contributed by atoms with van der Waals surface area (Å²) in [4.78, 5) is 24.1. The van der Waals surface area contributed by atoms with Crippen molar-refractivity contribution >= 4 is 46.5 Å². The molecule has 4 rings (SSSR count). The molecule has 8 nitrogen and oxygen atoms in total. The molecule has 2 aromatic heterocycles. The monoisotopic (exact) mass is 516 g/mol. The van der Waals surface area contributed by atoms with Gasteiger partial charge in [0.1, 0.15) is 0 Å². The first-order valence-electron chi connectivity index (χ1n) is 12.3. The van der Waals surface area contributed by atoms with E-state index in [4.69, 9.17) is 33.3 Å². The van der Waals surface area contributed by atoms with Crippen LogP contribution in [0.25, 0.3) is 0 Å². The number of amides is 2. The summed E-state index contributed by atoms with van der Waals surface area (Å²) in [5, 5.41) is 12.7. The van der Waals surface area contributed by atoms with Gasteiger partial charge in [-0.2, -0.15) is 0 Å². The summed E-state index contributed by atoms with van der Waals surface area (Å²) in [6, 6.07) is 7.17. The minimum absolute atomic E-state index is 0.253. The van der Waals surface area contributed by atoms with Gasteiger partial charge in [-0.25, -0.2) is 0 Å². The Balaban J connectivity index is 1.09. The Bertz CT molecular complexity index is 913. The molecule has 0 unspecified atom stereocenters. The molecular formula is C25H32N4O4S2. The number of hydrogen-bond donors (Lipinski definition) is 4. The molecule has 0 bridgehead atoms. The molecule has 188 valence electrons. The third kappa shape index (κ3) is 7.63. The fourth-order valence-corrected chi connectivity index (χ4v) is 5.66. The molecule has 2 amide bonds. The van der Waals surface area contributed by atoms with Crippen LogP contribution in [0, 0.1) is 11.8 Å². The van der Waals surface area contributed by atoms with Gasteiger partial charge < -0.3 is 19.5 Å². The second-order valence-electron chi connectivity index (χ2n) is 9.48. The van der Waals surface area contributed by atoms with Crippen LogP contribution in [0.5, 0.6) is 0 Å². The summed E-state index contributed by atoms with van der Waals surface area (Å²) in [6.45, 7) is 0. The van der Waals surface area contributed by atoms with Gasteiger partial charge in [0, 0.05) is 12.1 Å². The normalized spacial score (nSPS) is 24.2. The zero-order valence-electron chi connectivity index (χ0n) is 19.6. The zero-order chi connectivity index (χ0) is 24.6. The Morgan fingerprint density at radius 2 is 1.11 bits per heavy atom. The zero-order valence-corrected chi connectivity index (χ0v) is 21.2. The summed E-state index contributed by atoms with van der Waals surface area (Å²) < 4.78 is 10.2. The average Bonchev–Trinajstić information content (AvgIpc) is 3.56. The molecule has 0 atom stereocenters. The molecule has 2 fully saturated rings. The lowest BCUT2D eigenvalue weighted by atomic mass is 9.76. The highest BCUT2D eigenvalue weighted by molar-refractivity contribution is 7.80. The number of furan rings is 2. The number of nitrogens with one attached hydrogen (secondary N) is 4. The fraction of sp³-hybridized carbons (Fsp3) is 0.520. The van der Waals surface area contributed by atoms with Crippen LogP contribution in [0.4, 0.5) is 0 Å². The SMILES string of the molecule is O=C(NC(=S)NC1CCC(CC2CCC(NC(=S)NC(=O)c3ccco3)CC2)CC1)c1ccco1. The number of carbonyl (C=O) groups excluding carboxylic acids is 2. The van der Waals surface area contributed by atoms with Crippen LogP contribution in [0.3, 0.4) is 0 Å². The quantitative estimate of drug-likeness (QED) is 0.421. The van der Waals surface area contributed by atoms with Gasteiger partial charge in [-0.05, 0) is 118 Å². The maximum Gasteiger partial charge on any atom is 0.293 e. The summed E-state index contributed by atoms with van der Waals surface area (Å²) in [5.74, 6) is 1.33. The van der Waals surface area contributed by atoms with Gasteiger partial charge in [0.15, 0.2) is 21.7 Å². The van der Waals surface area contributed by atoms with E-state index < -0.39 is 0 Å². The summed E-state index contributed by atoms with van der Waals surface area (Å²) >= 11 is 10.6. The molecule has 35 heavy (non-hydrogen) atoms.